The average Bonchev–Trinajstić information content (AvgIpc) is 2.26. The van der Waals surface area contributed by atoms with E-state index in [2.05, 4.69) is 4.98 Å². The molecule has 0 spiro atoms. The first kappa shape index (κ1) is 12.8. The first-order valence-corrected chi connectivity index (χ1v) is 5.98. The summed E-state index contributed by atoms with van der Waals surface area (Å²) < 4.78 is 0. The van der Waals surface area contributed by atoms with Gasteiger partial charge in [0.1, 0.15) is 0 Å². The fourth-order valence-corrected chi connectivity index (χ4v) is 2.28. The molecule has 0 amide bonds. The maximum absolute atomic E-state index is 11.0. The smallest absolute Gasteiger partial charge is 0.311 e. The normalized spacial score (nSPS) is 22.4. The summed E-state index contributed by atoms with van der Waals surface area (Å²) >= 11 is 0. The molecule has 1 saturated carbocycles. The predicted molar refractivity (Wildman–Crippen MR) is 67.6 cm³/mol. The van der Waals surface area contributed by atoms with Crippen LogP contribution < -0.4 is 4.90 Å². The molecule has 1 aliphatic carbocycles. The van der Waals surface area contributed by atoms with Gasteiger partial charge in [-0.25, -0.2) is 4.98 Å². The van der Waals surface area contributed by atoms with Gasteiger partial charge in [-0.15, -0.1) is 0 Å². The van der Waals surface area contributed by atoms with Crippen LogP contribution in [0, 0.1) is 23.0 Å². The lowest BCUT2D eigenvalue weighted by molar-refractivity contribution is -0.384. The number of hydrogen-bond donors (Lipinski definition) is 1. The molecular formula is C12H17N3O3. The number of rotatable bonds is 4. The first-order chi connectivity index (χ1) is 8.47. The Bertz CT molecular complexity index is 458. The van der Waals surface area contributed by atoms with Crippen molar-refractivity contribution in [2.45, 2.75) is 25.9 Å². The first-order valence-electron chi connectivity index (χ1n) is 5.98. The fourth-order valence-electron chi connectivity index (χ4n) is 2.28. The molecule has 1 heterocycles. The highest BCUT2D eigenvalue weighted by Gasteiger charge is 2.29. The van der Waals surface area contributed by atoms with Crippen LogP contribution in [0.4, 0.5) is 11.5 Å². The van der Waals surface area contributed by atoms with E-state index in [4.69, 9.17) is 0 Å². The predicted octanol–water partition coefficient (Wildman–Crippen LogP) is 1.51. The Morgan fingerprint density at radius 2 is 2.22 bits per heavy atom. The third-order valence-electron chi connectivity index (χ3n) is 3.29. The number of anilines is 1. The van der Waals surface area contributed by atoms with Crippen LogP contribution in [0.25, 0.3) is 0 Å². The van der Waals surface area contributed by atoms with Crippen LogP contribution >= 0.6 is 0 Å². The number of pyridine rings is 1. The highest BCUT2D eigenvalue weighted by Crippen LogP contribution is 2.31. The minimum absolute atomic E-state index is 0.0305. The summed E-state index contributed by atoms with van der Waals surface area (Å²) in [6.07, 6.45) is 1.33. The number of aromatic nitrogens is 1. The van der Waals surface area contributed by atoms with Crippen molar-refractivity contribution in [2.75, 3.05) is 18.5 Å². The lowest BCUT2D eigenvalue weighted by Crippen LogP contribution is -2.37. The quantitative estimate of drug-likeness (QED) is 0.648. The zero-order chi connectivity index (χ0) is 13.3. The summed E-state index contributed by atoms with van der Waals surface area (Å²) in [5, 5.41) is 20.2. The van der Waals surface area contributed by atoms with Gasteiger partial charge in [0.2, 0.25) is 5.82 Å². The number of aliphatic hydroxyl groups excluding tert-OH is 1. The van der Waals surface area contributed by atoms with Gasteiger partial charge in [0.25, 0.3) is 0 Å². The lowest BCUT2D eigenvalue weighted by atomic mass is 9.82. The number of aryl methyl sites for hydroxylation is 1. The van der Waals surface area contributed by atoms with Crippen LogP contribution in [0.5, 0.6) is 0 Å². The van der Waals surface area contributed by atoms with Gasteiger partial charge in [0, 0.05) is 25.4 Å². The molecule has 0 aliphatic heterocycles. The molecule has 18 heavy (non-hydrogen) atoms. The Hall–Kier alpha value is -1.69. The molecule has 98 valence electrons. The van der Waals surface area contributed by atoms with Crippen molar-refractivity contribution in [2.24, 2.45) is 5.92 Å². The molecule has 0 aromatic carbocycles. The second-order valence-electron chi connectivity index (χ2n) is 4.92. The molecular weight excluding hydrogens is 234 g/mol. The van der Waals surface area contributed by atoms with Gasteiger partial charge in [-0.3, -0.25) is 10.1 Å². The van der Waals surface area contributed by atoms with Crippen molar-refractivity contribution in [3.8, 4) is 0 Å². The molecule has 0 unspecified atom stereocenters. The highest BCUT2D eigenvalue weighted by molar-refractivity contribution is 5.57. The topological polar surface area (TPSA) is 79.5 Å². The molecule has 6 heteroatoms. The van der Waals surface area contributed by atoms with E-state index in [-0.39, 0.29) is 11.8 Å². The van der Waals surface area contributed by atoms with E-state index in [1.54, 1.807) is 13.1 Å². The summed E-state index contributed by atoms with van der Waals surface area (Å²) in [6.45, 7) is 2.50. The summed E-state index contributed by atoms with van der Waals surface area (Å²) in [4.78, 5) is 16.6. The summed E-state index contributed by atoms with van der Waals surface area (Å²) in [7, 11) is 1.81. The van der Waals surface area contributed by atoms with E-state index >= 15 is 0 Å². The minimum Gasteiger partial charge on any atom is -0.393 e. The van der Waals surface area contributed by atoms with E-state index < -0.39 is 4.92 Å². The largest absolute Gasteiger partial charge is 0.393 e. The second kappa shape index (κ2) is 4.89. The summed E-state index contributed by atoms with van der Waals surface area (Å²) in [5.74, 6) is 0.799. The second-order valence-corrected chi connectivity index (χ2v) is 4.92. The van der Waals surface area contributed by atoms with Crippen LogP contribution in [0.2, 0.25) is 0 Å². The maximum atomic E-state index is 11.0. The minimum atomic E-state index is -0.409. The molecule has 0 atom stereocenters. The maximum Gasteiger partial charge on any atom is 0.311 e. The van der Waals surface area contributed by atoms with Crippen molar-refractivity contribution in [1.29, 1.82) is 0 Å². The van der Waals surface area contributed by atoms with E-state index in [0.717, 1.165) is 18.5 Å². The Morgan fingerprint density at radius 3 is 2.78 bits per heavy atom. The number of nitro groups is 1. The fraction of sp³-hybridized carbons (Fsp3) is 0.583. The number of hydrogen-bond acceptors (Lipinski definition) is 5. The zero-order valence-corrected chi connectivity index (χ0v) is 10.5. The van der Waals surface area contributed by atoms with Crippen molar-refractivity contribution >= 4 is 11.5 Å². The molecule has 1 aromatic rings. The highest BCUT2D eigenvalue weighted by atomic mass is 16.6. The molecule has 2 rings (SSSR count). The van der Waals surface area contributed by atoms with Crippen molar-refractivity contribution in [1.82, 2.24) is 4.98 Å². The van der Waals surface area contributed by atoms with Crippen molar-refractivity contribution in [3.05, 3.63) is 27.9 Å². The molecule has 6 nitrogen and oxygen atoms in total. The average molecular weight is 251 g/mol. The SMILES string of the molecule is Cc1ccc([N+](=O)[O-])c(N(C)CC2CC(O)C2)n1. The van der Waals surface area contributed by atoms with E-state index in [9.17, 15) is 15.2 Å². The van der Waals surface area contributed by atoms with Gasteiger partial charge >= 0.3 is 5.69 Å². The Kier molecular flexibility index (Phi) is 3.47. The third kappa shape index (κ3) is 2.59. The van der Waals surface area contributed by atoms with Crippen LogP contribution in [-0.4, -0.2) is 34.7 Å². The molecule has 1 aromatic heterocycles. The molecule has 1 N–H and O–H groups in total. The van der Waals surface area contributed by atoms with Crippen LogP contribution in [-0.2, 0) is 0 Å². The molecule has 1 fully saturated rings. The third-order valence-corrected chi connectivity index (χ3v) is 3.29. The molecule has 0 radical (unpaired) electrons. The standard InChI is InChI=1S/C12H17N3O3/c1-8-3-4-11(15(17)18)12(13-8)14(2)7-9-5-10(16)6-9/h3-4,9-10,16H,5-7H2,1-2H3. The summed E-state index contributed by atoms with van der Waals surface area (Å²) in [6, 6.07) is 3.13. The van der Waals surface area contributed by atoms with E-state index in [1.807, 2.05) is 11.8 Å². The van der Waals surface area contributed by atoms with Gasteiger partial charge in [-0.2, -0.15) is 0 Å². The van der Waals surface area contributed by atoms with Gasteiger partial charge in [-0.1, -0.05) is 0 Å². The van der Waals surface area contributed by atoms with Gasteiger partial charge in [-0.05, 0) is 31.7 Å². The molecule has 1 aliphatic rings. The van der Waals surface area contributed by atoms with Gasteiger partial charge in [0.05, 0.1) is 11.0 Å². The Balaban J connectivity index is 2.15. The van der Waals surface area contributed by atoms with Crippen molar-refractivity contribution in [3.63, 3.8) is 0 Å². The molecule has 0 bridgehead atoms. The van der Waals surface area contributed by atoms with Crippen LogP contribution in [0.3, 0.4) is 0 Å². The van der Waals surface area contributed by atoms with E-state index in [0.29, 0.717) is 18.3 Å². The Morgan fingerprint density at radius 1 is 1.56 bits per heavy atom. The Labute approximate surface area is 105 Å². The summed E-state index contributed by atoms with van der Waals surface area (Å²) in [5.41, 5.74) is 0.791. The molecule has 0 saturated heterocycles. The zero-order valence-electron chi connectivity index (χ0n) is 10.5. The van der Waals surface area contributed by atoms with Crippen molar-refractivity contribution < 1.29 is 10.0 Å². The number of aliphatic hydroxyl groups is 1. The lowest BCUT2D eigenvalue weighted by Gasteiger charge is -2.34. The van der Waals surface area contributed by atoms with Crippen LogP contribution in [0.15, 0.2) is 12.1 Å². The monoisotopic (exact) mass is 251 g/mol. The number of nitrogens with zero attached hydrogens (tertiary/aromatic N) is 3. The van der Waals surface area contributed by atoms with Crippen LogP contribution in [0.1, 0.15) is 18.5 Å². The van der Waals surface area contributed by atoms with Gasteiger partial charge in [0.15, 0.2) is 0 Å². The van der Waals surface area contributed by atoms with Gasteiger partial charge < -0.3 is 10.0 Å². The van der Waals surface area contributed by atoms with E-state index in [1.165, 1.54) is 6.07 Å².